The molecule has 1 aromatic heterocycles. The number of likely N-dealkylation sites (N-methyl/N-ethyl adjacent to an activating group) is 1. The number of aromatic nitrogens is 1. The number of aromatic hydroxyl groups is 1. The summed E-state index contributed by atoms with van der Waals surface area (Å²) in [7, 11) is 5.57. The zero-order valence-corrected chi connectivity index (χ0v) is 24.4. The Morgan fingerprint density at radius 3 is 2.45 bits per heavy atom. The van der Waals surface area contributed by atoms with Crippen LogP contribution < -0.4 is 4.90 Å². The zero-order chi connectivity index (χ0) is 29.8. The highest BCUT2D eigenvalue weighted by molar-refractivity contribution is 5.92. The molecule has 42 heavy (non-hydrogen) atoms. The molecule has 0 bridgehead atoms. The van der Waals surface area contributed by atoms with Crippen LogP contribution in [-0.4, -0.2) is 94.1 Å². The van der Waals surface area contributed by atoms with E-state index in [1.165, 1.54) is 5.56 Å². The summed E-state index contributed by atoms with van der Waals surface area (Å²) in [4.78, 5) is 51.1. The summed E-state index contributed by atoms with van der Waals surface area (Å²) in [5.41, 5.74) is 2.86. The Labute approximate surface area is 246 Å². The number of phenolic OH excluding ortho intramolecular Hbond substituents is 1. The molecule has 10 heteroatoms. The molecule has 2 saturated heterocycles. The van der Waals surface area contributed by atoms with Crippen molar-refractivity contribution in [3.8, 4) is 5.75 Å². The maximum absolute atomic E-state index is 14.1. The molecule has 0 spiro atoms. The van der Waals surface area contributed by atoms with Crippen molar-refractivity contribution < 1.29 is 19.5 Å². The lowest BCUT2D eigenvalue weighted by Gasteiger charge is -2.54. The van der Waals surface area contributed by atoms with Crippen LogP contribution in [0.25, 0.3) is 0 Å². The molecule has 1 N–H and O–H groups in total. The number of piperazine rings is 1. The number of aryl methyl sites for hydroxylation is 1. The van der Waals surface area contributed by atoms with Crippen LogP contribution in [0.15, 0.2) is 72.9 Å². The molecule has 0 saturated carbocycles. The van der Waals surface area contributed by atoms with Crippen molar-refractivity contribution in [3.63, 3.8) is 0 Å². The van der Waals surface area contributed by atoms with E-state index in [0.717, 1.165) is 23.4 Å². The Morgan fingerprint density at radius 2 is 1.74 bits per heavy atom. The molecule has 2 aliphatic rings. The average molecular weight is 571 g/mol. The fourth-order valence-corrected chi connectivity index (χ4v) is 5.93. The number of hydrazine groups is 1. The average Bonchev–Trinajstić information content (AvgIpc) is 2.97. The Morgan fingerprint density at radius 1 is 1.00 bits per heavy atom. The van der Waals surface area contributed by atoms with Gasteiger partial charge in [-0.2, -0.15) is 0 Å². The van der Waals surface area contributed by atoms with Gasteiger partial charge in [0.25, 0.3) is 0 Å². The van der Waals surface area contributed by atoms with Crippen LogP contribution in [0.4, 0.5) is 5.82 Å². The maximum atomic E-state index is 14.1. The number of anilines is 1. The smallest absolute Gasteiger partial charge is 0.246 e. The number of hydrogen-bond donors (Lipinski definition) is 1. The predicted molar refractivity (Wildman–Crippen MR) is 159 cm³/mol. The third-order valence-electron chi connectivity index (χ3n) is 7.91. The number of benzene rings is 2. The van der Waals surface area contributed by atoms with Crippen LogP contribution in [0.3, 0.4) is 0 Å². The van der Waals surface area contributed by atoms with Crippen molar-refractivity contribution in [1.82, 2.24) is 24.8 Å². The third-order valence-corrected chi connectivity index (χ3v) is 7.91. The molecule has 2 aromatic carbocycles. The van der Waals surface area contributed by atoms with E-state index in [-0.39, 0.29) is 43.0 Å². The van der Waals surface area contributed by atoms with E-state index >= 15 is 0 Å². The molecule has 0 aliphatic carbocycles. The monoisotopic (exact) mass is 570 g/mol. The molecule has 2 aliphatic heterocycles. The fraction of sp³-hybridized carbons (Fsp3) is 0.375. The predicted octanol–water partition coefficient (Wildman–Crippen LogP) is 2.67. The molecule has 2 fully saturated rings. The van der Waals surface area contributed by atoms with E-state index in [9.17, 15) is 19.5 Å². The first-order chi connectivity index (χ1) is 20.2. The van der Waals surface area contributed by atoms with E-state index in [1.807, 2.05) is 49.3 Å². The van der Waals surface area contributed by atoms with Crippen molar-refractivity contribution in [3.05, 3.63) is 89.6 Å². The number of pyridine rings is 1. The summed E-state index contributed by atoms with van der Waals surface area (Å²) in [5.74, 6) is 0.437. The third kappa shape index (κ3) is 6.23. The SMILES string of the molecule is CN(C)c1ncccc1CN1CC2N(C(=O)CN(C)N2C(=O)CCCc2ccccc2)[C@@H](Cc2ccc(O)cc2)C1=O. The van der Waals surface area contributed by atoms with Gasteiger partial charge in [-0.25, -0.2) is 9.99 Å². The minimum absolute atomic E-state index is 0.00761. The second-order valence-electron chi connectivity index (χ2n) is 11.2. The summed E-state index contributed by atoms with van der Waals surface area (Å²) in [6, 6.07) is 19.7. The van der Waals surface area contributed by atoms with Crippen molar-refractivity contribution in [2.45, 2.75) is 44.4 Å². The minimum atomic E-state index is -0.798. The zero-order valence-electron chi connectivity index (χ0n) is 24.4. The van der Waals surface area contributed by atoms with Crippen LogP contribution in [0.2, 0.25) is 0 Å². The Kier molecular flexibility index (Phi) is 8.72. The van der Waals surface area contributed by atoms with Gasteiger partial charge >= 0.3 is 0 Å². The van der Waals surface area contributed by atoms with Crippen LogP contribution in [0.1, 0.15) is 29.5 Å². The van der Waals surface area contributed by atoms with Gasteiger partial charge in [-0.1, -0.05) is 48.5 Å². The second-order valence-corrected chi connectivity index (χ2v) is 11.2. The first kappa shape index (κ1) is 29.1. The van der Waals surface area contributed by atoms with Crippen LogP contribution in [-0.2, 0) is 33.8 Å². The number of hydrogen-bond acceptors (Lipinski definition) is 7. The number of phenols is 1. The van der Waals surface area contributed by atoms with E-state index in [0.29, 0.717) is 19.4 Å². The van der Waals surface area contributed by atoms with Crippen LogP contribution in [0, 0.1) is 0 Å². The van der Waals surface area contributed by atoms with Crippen molar-refractivity contribution >= 4 is 23.5 Å². The summed E-state index contributed by atoms with van der Waals surface area (Å²) in [5, 5.41) is 13.2. The first-order valence-electron chi connectivity index (χ1n) is 14.3. The normalized spacial score (nSPS) is 19.2. The lowest BCUT2D eigenvalue weighted by Crippen LogP contribution is -2.75. The van der Waals surface area contributed by atoms with Crippen molar-refractivity contribution in [2.75, 3.05) is 39.1 Å². The minimum Gasteiger partial charge on any atom is -0.508 e. The van der Waals surface area contributed by atoms with Gasteiger partial charge in [-0.15, -0.1) is 0 Å². The fourth-order valence-electron chi connectivity index (χ4n) is 5.93. The molecular weight excluding hydrogens is 532 g/mol. The molecule has 2 atom stereocenters. The van der Waals surface area contributed by atoms with Gasteiger partial charge < -0.3 is 19.8 Å². The molecule has 5 rings (SSSR count). The van der Waals surface area contributed by atoms with Gasteiger partial charge in [-0.3, -0.25) is 19.4 Å². The number of fused-ring (bicyclic) bond motifs is 1. The summed E-state index contributed by atoms with van der Waals surface area (Å²) in [6.07, 6.45) is 3.12. The Bertz CT molecular complexity index is 1410. The van der Waals surface area contributed by atoms with Crippen LogP contribution >= 0.6 is 0 Å². The number of carbonyl (C=O) groups is 3. The van der Waals surface area contributed by atoms with Crippen molar-refractivity contribution in [1.29, 1.82) is 0 Å². The molecule has 3 aromatic rings. The standard InChI is InChI=1S/C32H38N6O4/c1-34(2)31-25(12-8-18-33-31)20-36-21-28-37(27(32(36)42)19-24-14-16-26(39)17-15-24)30(41)22-35(3)38(28)29(40)13-7-11-23-9-5-4-6-10-23/h4-6,8-10,12,14-18,27-28,39H,7,11,13,19-22H2,1-3H3/t27-,28?/m0/s1. The topological polar surface area (TPSA) is 101 Å². The number of rotatable bonds is 9. The first-order valence-corrected chi connectivity index (χ1v) is 14.3. The number of nitrogens with zero attached hydrogens (tertiary/aromatic N) is 6. The summed E-state index contributed by atoms with van der Waals surface area (Å²) < 4.78 is 0. The molecule has 0 radical (unpaired) electrons. The van der Waals surface area contributed by atoms with E-state index in [4.69, 9.17) is 0 Å². The van der Waals surface area contributed by atoms with Gasteiger partial charge in [0.15, 0.2) is 0 Å². The summed E-state index contributed by atoms with van der Waals surface area (Å²) in [6.45, 7) is 0.491. The van der Waals surface area contributed by atoms with Gasteiger partial charge in [0, 0.05) is 52.3 Å². The highest BCUT2D eigenvalue weighted by atomic mass is 16.3. The molecule has 3 heterocycles. The van der Waals surface area contributed by atoms with E-state index in [2.05, 4.69) is 17.1 Å². The van der Waals surface area contributed by atoms with Crippen molar-refractivity contribution in [2.24, 2.45) is 0 Å². The lowest BCUT2D eigenvalue weighted by atomic mass is 9.98. The number of amides is 3. The van der Waals surface area contributed by atoms with Gasteiger partial charge in [0.1, 0.15) is 23.8 Å². The Balaban J connectivity index is 1.44. The highest BCUT2D eigenvalue weighted by Crippen LogP contribution is 2.30. The molecule has 1 unspecified atom stereocenters. The second kappa shape index (κ2) is 12.6. The van der Waals surface area contributed by atoms with Gasteiger partial charge in [0.05, 0.1) is 13.1 Å². The molecular formula is C32H38N6O4. The maximum Gasteiger partial charge on any atom is 0.246 e. The van der Waals surface area contributed by atoms with Gasteiger partial charge in [0.2, 0.25) is 17.7 Å². The lowest BCUT2D eigenvalue weighted by molar-refractivity contribution is -0.203. The quantitative estimate of drug-likeness (QED) is 0.422. The Hall–Kier alpha value is -4.44. The molecule has 3 amide bonds. The van der Waals surface area contributed by atoms with E-state index < -0.39 is 12.2 Å². The van der Waals surface area contributed by atoms with Gasteiger partial charge in [-0.05, 0) is 42.2 Å². The molecule has 220 valence electrons. The number of carbonyl (C=O) groups excluding carboxylic acids is 3. The summed E-state index contributed by atoms with van der Waals surface area (Å²) >= 11 is 0. The highest BCUT2D eigenvalue weighted by Gasteiger charge is 2.50. The largest absolute Gasteiger partial charge is 0.508 e. The molecule has 10 nitrogen and oxygen atoms in total. The van der Waals surface area contributed by atoms with E-state index in [1.54, 1.807) is 57.3 Å². The van der Waals surface area contributed by atoms with Crippen LogP contribution in [0.5, 0.6) is 5.75 Å².